The van der Waals surface area contributed by atoms with Gasteiger partial charge in [0.05, 0.1) is 0 Å². The molecule has 27 heavy (non-hydrogen) atoms. The van der Waals surface area contributed by atoms with Crippen LogP contribution in [-0.4, -0.2) is 42.0 Å². The van der Waals surface area contributed by atoms with Crippen molar-refractivity contribution in [3.8, 4) is 0 Å². The molecule has 0 unspecified atom stereocenters. The smallest absolute Gasteiger partial charge is 0.321 e. The average Bonchev–Trinajstić information content (AvgIpc) is 2.64. The van der Waals surface area contributed by atoms with Gasteiger partial charge in [-0.25, -0.2) is 4.79 Å². The number of carbonyl (C=O) groups excluding carboxylic acids is 1. The van der Waals surface area contributed by atoms with Crippen molar-refractivity contribution in [2.75, 3.05) is 31.5 Å². The van der Waals surface area contributed by atoms with Crippen LogP contribution in [0.2, 0.25) is 5.02 Å². The Morgan fingerprint density at radius 2 is 1.56 bits per heavy atom. The standard InChI is InChI=1S/C22H28ClN3O/c1-22(2,3)18-6-4-17(5-7-18)16-25-12-14-26(15-13-25)21(27)24-20-10-8-19(23)9-11-20/h4-11H,12-16H2,1-3H3,(H,24,27). The number of nitrogens with one attached hydrogen (secondary N) is 1. The first-order valence-electron chi connectivity index (χ1n) is 9.44. The van der Waals surface area contributed by atoms with E-state index in [0.717, 1.165) is 38.4 Å². The Labute approximate surface area is 167 Å². The van der Waals surface area contributed by atoms with E-state index in [2.05, 4.69) is 55.3 Å². The van der Waals surface area contributed by atoms with Gasteiger partial charge < -0.3 is 10.2 Å². The van der Waals surface area contributed by atoms with E-state index in [0.29, 0.717) is 5.02 Å². The SMILES string of the molecule is CC(C)(C)c1ccc(CN2CCN(C(=O)Nc3ccc(Cl)cc3)CC2)cc1. The monoisotopic (exact) mass is 385 g/mol. The van der Waals surface area contributed by atoms with E-state index < -0.39 is 0 Å². The van der Waals surface area contributed by atoms with E-state index in [1.54, 1.807) is 12.1 Å². The van der Waals surface area contributed by atoms with Crippen LogP contribution in [0.25, 0.3) is 0 Å². The molecule has 2 amide bonds. The predicted octanol–water partition coefficient (Wildman–Crippen LogP) is 4.99. The molecule has 2 aromatic rings. The quantitative estimate of drug-likeness (QED) is 0.808. The fraction of sp³-hybridized carbons (Fsp3) is 0.409. The molecule has 3 rings (SSSR count). The van der Waals surface area contributed by atoms with Gasteiger partial charge >= 0.3 is 6.03 Å². The van der Waals surface area contributed by atoms with E-state index in [9.17, 15) is 4.79 Å². The van der Waals surface area contributed by atoms with Gasteiger partial charge in [0, 0.05) is 43.4 Å². The van der Waals surface area contributed by atoms with Crippen LogP contribution >= 0.6 is 11.6 Å². The fourth-order valence-corrected chi connectivity index (χ4v) is 3.34. The minimum atomic E-state index is -0.0495. The molecule has 144 valence electrons. The molecule has 1 heterocycles. The Hall–Kier alpha value is -2.04. The molecule has 0 aromatic heterocycles. The van der Waals surface area contributed by atoms with Crippen LogP contribution in [0.5, 0.6) is 0 Å². The molecule has 1 saturated heterocycles. The minimum Gasteiger partial charge on any atom is -0.322 e. The lowest BCUT2D eigenvalue weighted by molar-refractivity contribution is 0.143. The Morgan fingerprint density at radius 3 is 2.11 bits per heavy atom. The van der Waals surface area contributed by atoms with Crippen LogP contribution in [0.1, 0.15) is 31.9 Å². The Bertz CT molecular complexity index is 758. The number of benzene rings is 2. The van der Waals surface area contributed by atoms with Crippen molar-refractivity contribution in [1.82, 2.24) is 9.80 Å². The van der Waals surface area contributed by atoms with Crippen molar-refractivity contribution in [3.05, 3.63) is 64.7 Å². The maximum absolute atomic E-state index is 12.4. The molecular formula is C22H28ClN3O. The number of nitrogens with zero attached hydrogens (tertiary/aromatic N) is 2. The second-order valence-electron chi connectivity index (χ2n) is 8.15. The van der Waals surface area contributed by atoms with Gasteiger partial charge in [0.15, 0.2) is 0 Å². The van der Waals surface area contributed by atoms with Gasteiger partial charge in [-0.15, -0.1) is 0 Å². The molecule has 0 saturated carbocycles. The summed E-state index contributed by atoms with van der Waals surface area (Å²) in [5.74, 6) is 0. The summed E-state index contributed by atoms with van der Waals surface area (Å²) < 4.78 is 0. The summed E-state index contributed by atoms with van der Waals surface area (Å²) in [5, 5.41) is 3.60. The van der Waals surface area contributed by atoms with Crippen molar-refractivity contribution >= 4 is 23.3 Å². The number of urea groups is 1. The summed E-state index contributed by atoms with van der Waals surface area (Å²) in [6.45, 7) is 10.9. The second-order valence-corrected chi connectivity index (χ2v) is 8.58. The summed E-state index contributed by atoms with van der Waals surface area (Å²) in [6, 6.07) is 16.0. The molecule has 0 radical (unpaired) electrons. The lowest BCUT2D eigenvalue weighted by atomic mass is 9.87. The largest absolute Gasteiger partial charge is 0.322 e. The highest BCUT2D eigenvalue weighted by molar-refractivity contribution is 6.30. The molecule has 5 heteroatoms. The molecule has 4 nitrogen and oxygen atoms in total. The summed E-state index contributed by atoms with van der Waals surface area (Å²) in [5.41, 5.74) is 3.63. The van der Waals surface area contributed by atoms with E-state index in [4.69, 9.17) is 11.6 Å². The van der Waals surface area contributed by atoms with E-state index in [1.165, 1.54) is 11.1 Å². The van der Waals surface area contributed by atoms with Crippen LogP contribution in [0.15, 0.2) is 48.5 Å². The Balaban J connectivity index is 1.48. The van der Waals surface area contributed by atoms with Gasteiger partial charge in [-0.3, -0.25) is 4.90 Å². The van der Waals surface area contributed by atoms with Gasteiger partial charge in [-0.1, -0.05) is 56.6 Å². The van der Waals surface area contributed by atoms with Crippen LogP contribution in [0.4, 0.5) is 10.5 Å². The van der Waals surface area contributed by atoms with Gasteiger partial charge in [0.2, 0.25) is 0 Å². The third kappa shape index (κ3) is 5.47. The molecule has 0 aliphatic carbocycles. The van der Waals surface area contributed by atoms with Crippen molar-refractivity contribution in [2.45, 2.75) is 32.7 Å². The van der Waals surface area contributed by atoms with Crippen molar-refractivity contribution in [1.29, 1.82) is 0 Å². The molecule has 1 aliphatic heterocycles. The second kappa shape index (κ2) is 8.32. The maximum atomic E-state index is 12.4. The van der Waals surface area contributed by atoms with Gasteiger partial charge in [-0.05, 0) is 40.8 Å². The van der Waals surface area contributed by atoms with Crippen LogP contribution in [0, 0.1) is 0 Å². The van der Waals surface area contributed by atoms with Gasteiger partial charge in [0.25, 0.3) is 0 Å². The number of anilines is 1. The van der Waals surface area contributed by atoms with E-state index in [-0.39, 0.29) is 11.4 Å². The van der Waals surface area contributed by atoms with Gasteiger partial charge in [0.1, 0.15) is 0 Å². The van der Waals surface area contributed by atoms with Crippen molar-refractivity contribution in [2.24, 2.45) is 0 Å². The highest BCUT2D eigenvalue weighted by Crippen LogP contribution is 2.22. The number of rotatable bonds is 3. The maximum Gasteiger partial charge on any atom is 0.321 e. The first-order valence-corrected chi connectivity index (χ1v) is 9.82. The number of hydrogen-bond acceptors (Lipinski definition) is 2. The summed E-state index contributed by atoms with van der Waals surface area (Å²) in [6.07, 6.45) is 0. The van der Waals surface area contributed by atoms with Gasteiger partial charge in [-0.2, -0.15) is 0 Å². The molecule has 0 bridgehead atoms. The fourth-order valence-electron chi connectivity index (χ4n) is 3.21. The number of hydrogen-bond donors (Lipinski definition) is 1. The zero-order valence-electron chi connectivity index (χ0n) is 16.3. The molecule has 1 N–H and O–H groups in total. The average molecular weight is 386 g/mol. The first kappa shape index (κ1) is 19.7. The highest BCUT2D eigenvalue weighted by atomic mass is 35.5. The summed E-state index contributed by atoms with van der Waals surface area (Å²) in [4.78, 5) is 16.7. The predicted molar refractivity (Wildman–Crippen MR) is 112 cm³/mol. The van der Waals surface area contributed by atoms with Crippen LogP contribution in [-0.2, 0) is 12.0 Å². The normalized spacial score (nSPS) is 15.6. The Morgan fingerprint density at radius 1 is 0.963 bits per heavy atom. The Kier molecular flexibility index (Phi) is 6.08. The number of amides is 2. The minimum absolute atomic E-state index is 0.0495. The topological polar surface area (TPSA) is 35.6 Å². The van der Waals surface area contributed by atoms with E-state index >= 15 is 0 Å². The molecule has 1 fully saturated rings. The van der Waals surface area contributed by atoms with Crippen molar-refractivity contribution in [3.63, 3.8) is 0 Å². The van der Waals surface area contributed by atoms with Crippen LogP contribution in [0.3, 0.4) is 0 Å². The lowest BCUT2D eigenvalue weighted by Crippen LogP contribution is -2.49. The van der Waals surface area contributed by atoms with Crippen LogP contribution < -0.4 is 5.32 Å². The molecular weight excluding hydrogens is 358 g/mol. The third-order valence-corrected chi connectivity index (χ3v) is 5.23. The third-order valence-electron chi connectivity index (χ3n) is 4.98. The first-order chi connectivity index (χ1) is 12.8. The molecule has 2 aromatic carbocycles. The summed E-state index contributed by atoms with van der Waals surface area (Å²) >= 11 is 5.88. The van der Waals surface area contributed by atoms with Crippen molar-refractivity contribution < 1.29 is 4.79 Å². The molecule has 0 atom stereocenters. The zero-order valence-corrected chi connectivity index (χ0v) is 17.1. The highest BCUT2D eigenvalue weighted by Gasteiger charge is 2.21. The lowest BCUT2D eigenvalue weighted by Gasteiger charge is -2.34. The zero-order chi connectivity index (χ0) is 19.4. The van der Waals surface area contributed by atoms with E-state index in [1.807, 2.05) is 17.0 Å². The molecule has 1 aliphatic rings. The summed E-state index contributed by atoms with van der Waals surface area (Å²) in [7, 11) is 0. The number of piperazine rings is 1. The number of carbonyl (C=O) groups is 1. The number of halogens is 1. The molecule has 0 spiro atoms.